The number of hydrogen-bond donors (Lipinski definition) is 2. The summed E-state index contributed by atoms with van der Waals surface area (Å²) in [5.41, 5.74) is 2.41. The Kier molecular flexibility index (Phi) is 9.99. The number of hydrogen-bond acceptors (Lipinski definition) is 6. The average Bonchev–Trinajstić information content (AvgIpc) is 2.86. The summed E-state index contributed by atoms with van der Waals surface area (Å²) in [6.45, 7) is 2.57. The molecular formula is C25H29N3O5S. The van der Waals surface area contributed by atoms with Gasteiger partial charge >= 0.3 is 5.97 Å². The minimum Gasteiger partial charge on any atom is -0.466 e. The number of morpholine rings is 1. The lowest BCUT2D eigenvalue weighted by molar-refractivity contribution is -0.145. The number of nitrogens with zero attached hydrogens (tertiary/aromatic N) is 1. The fraction of sp³-hybridized carbons (Fsp3) is 0.360. The van der Waals surface area contributed by atoms with E-state index in [9.17, 15) is 14.4 Å². The van der Waals surface area contributed by atoms with E-state index >= 15 is 0 Å². The highest BCUT2D eigenvalue weighted by Crippen LogP contribution is 2.13. The van der Waals surface area contributed by atoms with E-state index < -0.39 is 5.97 Å². The van der Waals surface area contributed by atoms with Crippen molar-refractivity contribution >= 4 is 40.8 Å². The number of anilines is 1. The molecular weight excluding hydrogens is 454 g/mol. The molecule has 2 aromatic rings. The monoisotopic (exact) mass is 483 g/mol. The van der Waals surface area contributed by atoms with Crippen molar-refractivity contribution < 1.29 is 23.9 Å². The molecule has 0 aromatic heterocycles. The van der Waals surface area contributed by atoms with E-state index in [0.717, 1.165) is 12.8 Å². The van der Waals surface area contributed by atoms with Gasteiger partial charge in [-0.25, -0.2) is 0 Å². The summed E-state index contributed by atoms with van der Waals surface area (Å²) in [5, 5.41) is 5.57. The van der Waals surface area contributed by atoms with E-state index in [1.54, 1.807) is 29.2 Å². The molecule has 3 rings (SSSR count). The molecule has 1 aliphatic heterocycles. The molecule has 0 unspecified atom stereocenters. The van der Waals surface area contributed by atoms with Gasteiger partial charge in [-0.15, -0.1) is 0 Å². The second-order valence-corrected chi connectivity index (χ2v) is 8.20. The number of rotatable bonds is 9. The Balaban J connectivity index is 1.31. The summed E-state index contributed by atoms with van der Waals surface area (Å²) in [5.74, 6) is -0.835. The molecule has 1 heterocycles. The molecule has 180 valence electrons. The van der Waals surface area contributed by atoms with Gasteiger partial charge in [0.25, 0.3) is 5.91 Å². The molecule has 8 nitrogen and oxygen atoms in total. The third-order valence-electron chi connectivity index (χ3n) is 5.21. The fourth-order valence-corrected chi connectivity index (χ4v) is 3.62. The quantitative estimate of drug-likeness (QED) is 0.322. The standard InChI is InChI=1S/C25H29N3O5S/c29-22(12-13-23(30)33-16-4-7-19-5-2-1-3-6-19)27-25(34)26-21-10-8-20(9-11-21)24(31)28-14-17-32-18-15-28/h1-3,5-6,8-11H,4,7,12-18H2,(H2,26,27,29,34). The van der Waals surface area contributed by atoms with Crippen LogP contribution in [0.4, 0.5) is 5.69 Å². The van der Waals surface area contributed by atoms with Gasteiger partial charge in [0.05, 0.1) is 26.2 Å². The molecule has 2 aromatic carbocycles. The number of thiocarbonyl (C=S) groups is 1. The van der Waals surface area contributed by atoms with Crippen LogP contribution in [0.15, 0.2) is 54.6 Å². The van der Waals surface area contributed by atoms with Crippen molar-refractivity contribution in [2.45, 2.75) is 25.7 Å². The molecule has 0 saturated carbocycles. The third kappa shape index (κ3) is 8.57. The number of carbonyl (C=O) groups excluding carboxylic acids is 3. The van der Waals surface area contributed by atoms with Gasteiger partial charge in [0.2, 0.25) is 5.91 Å². The largest absolute Gasteiger partial charge is 0.466 e. The Labute approximate surface area is 204 Å². The number of benzene rings is 2. The number of nitrogens with one attached hydrogen (secondary N) is 2. The zero-order valence-corrected chi connectivity index (χ0v) is 19.8. The highest BCUT2D eigenvalue weighted by molar-refractivity contribution is 7.80. The molecule has 0 bridgehead atoms. The lowest BCUT2D eigenvalue weighted by Crippen LogP contribution is -2.40. The Morgan fingerprint density at radius 3 is 2.38 bits per heavy atom. The van der Waals surface area contributed by atoms with Crippen molar-refractivity contribution in [2.75, 3.05) is 38.2 Å². The number of aryl methyl sites for hydroxylation is 1. The van der Waals surface area contributed by atoms with Crippen molar-refractivity contribution in [3.05, 3.63) is 65.7 Å². The Morgan fingerprint density at radius 1 is 0.971 bits per heavy atom. The van der Waals surface area contributed by atoms with E-state index in [4.69, 9.17) is 21.7 Å². The summed E-state index contributed by atoms with van der Waals surface area (Å²) in [6.07, 6.45) is 1.52. The SMILES string of the molecule is O=C(CCC(=O)OCCCc1ccccc1)NC(=S)Nc1ccc(C(=O)N2CCOCC2)cc1. The van der Waals surface area contributed by atoms with E-state index in [1.165, 1.54) is 5.56 Å². The lowest BCUT2D eigenvalue weighted by Gasteiger charge is -2.26. The van der Waals surface area contributed by atoms with E-state index in [1.807, 2.05) is 30.3 Å². The van der Waals surface area contributed by atoms with Crippen molar-refractivity contribution in [1.29, 1.82) is 0 Å². The maximum atomic E-state index is 12.5. The van der Waals surface area contributed by atoms with Gasteiger partial charge < -0.3 is 25.0 Å². The average molecular weight is 484 g/mol. The van der Waals surface area contributed by atoms with Crippen molar-refractivity contribution in [3.8, 4) is 0 Å². The van der Waals surface area contributed by atoms with Gasteiger partial charge in [0, 0.05) is 30.8 Å². The molecule has 0 atom stereocenters. The van der Waals surface area contributed by atoms with Crippen LogP contribution in [0.1, 0.15) is 35.2 Å². The number of amides is 2. The first-order valence-corrected chi connectivity index (χ1v) is 11.7. The molecule has 1 fully saturated rings. The van der Waals surface area contributed by atoms with E-state index in [2.05, 4.69) is 10.6 Å². The molecule has 34 heavy (non-hydrogen) atoms. The molecule has 1 aliphatic rings. The van der Waals surface area contributed by atoms with Crippen molar-refractivity contribution in [1.82, 2.24) is 10.2 Å². The maximum Gasteiger partial charge on any atom is 0.306 e. The van der Waals surface area contributed by atoms with Crippen LogP contribution in [-0.4, -0.2) is 60.7 Å². The summed E-state index contributed by atoms with van der Waals surface area (Å²) >= 11 is 5.16. The Hall–Kier alpha value is -3.30. The minimum absolute atomic E-state index is 0.0157. The van der Waals surface area contributed by atoms with Crippen LogP contribution >= 0.6 is 12.2 Å². The molecule has 0 radical (unpaired) electrons. The van der Waals surface area contributed by atoms with Gasteiger partial charge in [0.1, 0.15) is 0 Å². The zero-order valence-electron chi connectivity index (χ0n) is 19.0. The second-order valence-electron chi connectivity index (χ2n) is 7.79. The van der Waals surface area contributed by atoms with Crippen LogP contribution in [0.25, 0.3) is 0 Å². The van der Waals surface area contributed by atoms with E-state index in [0.29, 0.717) is 44.2 Å². The van der Waals surface area contributed by atoms with Crippen molar-refractivity contribution in [3.63, 3.8) is 0 Å². The van der Waals surface area contributed by atoms with Crippen LogP contribution in [-0.2, 0) is 25.5 Å². The molecule has 9 heteroatoms. The van der Waals surface area contributed by atoms with Gasteiger partial charge in [0.15, 0.2) is 5.11 Å². The highest BCUT2D eigenvalue weighted by Gasteiger charge is 2.18. The molecule has 0 aliphatic carbocycles. The van der Waals surface area contributed by atoms with Crippen LogP contribution < -0.4 is 10.6 Å². The van der Waals surface area contributed by atoms with E-state index in [-0.39, 0.29) is 29.8 Å². The van der Waals surface area contributed by atoms with Crippen LogP contribution in [0, 0.1) is 0 Å². The smallest absolute Gasteiger partial charge is 0.306 e. The predicted molar refractivity (Wildman–Crippen MR) is 132 cm³/mol. The van der Waals surface area contributed by atoms with Gasteiger partial charge in [-0.1, -0.05) is 30.3 Å². The fourth-order valence-electron chi connectivity index (χ4n) is 3.39. The summed E-state index contributed by atoms with van der Waals surface area (Å²) in [4.78, 5) is 38.2. The summed E-state index contributed by atoms with van der Waals surface area (Å²) in [7, 11) is 0. The maximum absolute atomic E-state index is 12.5. The highest BCUT2D eigenvalue weighted by atomic mass is 32.1. The van der Waals surface area contributed by atoms with Crippen LogP contribution in [0.3, 0.4) is 0 Å². The Bertz CT molecular complexity index is 976. The lowest BCUT2D eigenvalue weighted by atomic mass is 10.1. The van der Waals surface area contributed by atoms with Gasteiger partial charge in [-0.3, -0.25) is 14.4 Å². The molecule has 2 N–H and O–H groups in total. The second kappa shape index (κ2) is 13.4. The minimum atomic E-state index is -0.414. The third-order valence-corrected chi connectivity index (χ3v) is 5.42. The Morgan fingerprint density at radius 2 is 1.68 bits per heavy atom. The number of ether oxygens (including phenoxy) is 2. The van der Waals surface area contributed by atoms with Gasteiger partial charge in [-0.2, -0.15) is 0 Å². The normalized spacial score (nSPS) is 13.1. The number of carbonyl (C=O) groups is 3. The predicted octanol–water partition coefficient (Wildman–Crippen LogP) is 2.93. The van der Waals surface area contributed by atoms with Crippen LogP contribution in [0.5, 0.6) is 0 Å². The molecule has 0 spiro atoms. The first-order valence-electron chi connectivity index (χ1n) is 11.3. The first kappa shape index (κ1) is 25.3. The summed E-state index contributed by atoms with van der Waals surface area (Å²) < 4.78 is 10.5. The summed E-state index contributed by atoms with van der Waals surface area (Å²) in [6, 6.07) is 16.8. The molecule has 1 saturated heterocycles. The van der Waals surface area contributed by atoms with Gasteiger partial charge in [-0.05, 0) is 54.9 Å². The number of esters is 1. The first-order chi connectivity index (χ1) is 16.5. The van der Waals surface area contributed by atoms with Crippen molar-refractivity contribution in [2.24, 2.45) is 0 Å². The zero-order chi connectivity index (χ0) is 24.2. The molecule has 2 amide bonds. The van der Waals surface area contributed by atoms with Crippen LogP contribution in [0.2, 0.25) is 0 Å². The topological polar surface area (TPSA) is 97.0 Å².